The molecule has 0 radical (unpaired) electrons. The summed E-state index contributed by atoms with van der Waals surface area (Å²) in [6, 6.07) is 1.73. The fourth-order valence-corrected chi connectivity index (χ4v) is 2.11. The van der Waals surface area contributed by atoms with Crippen LogP contribution in [0.4, 0.5) is 11.8 Å². The van der Waals surface area contributed by atoms with Crippen molar-refractivity contribution in [2.24, 2.45) is 0 Å². The van der Waals surface area contributed by atoms with Gasteiger partial charge in [-0.3, -0.25) is 0 Å². The Balaban J connectivity index is 2.24. The zero-order valence-corrected chi connectivity index (χ0v) is 10.2. The number of piperidine rings is 1. The summed E-state index contributed by atoms with van der Waals surface area (Å²) in [6.45, 7) is 3.24. The molecule has 1 aromatic heterocycles. The van der Waals surface area contributed by atoms with Crippen LogP contribution < -0.4 is 15.4 Å². The van der Waals surface area contributed by atoms with Crippen molar-refractivity contribution in [1.82, 2.24) is 9.97 Å². The third kappa shape index (κ3) is 2.76. The van der Waals surface area contributed by atoms with Crippen LogP contribution in [0.5, 0.6) is 5.88 Å². The smallest absolute Gasteiger partial charge is 0.225 e. The van der Waals surface area contributed by atoms with Crippen molar-refractivity contribution in [3.8, 4) is 5.88 Å². The van der Waals surface area contributed by atoms with Gasteiger partial charge in [0.2, 0.25) is 11.8 Å². The van der Waals surface area contributed by atoms with Crippen molar-refractivity contribution in [3.05, 3.63) is 6.07 Å². The second kappa shape index (κ2) is 4.37. The first-order valence-corrected chi connectivity index (χ1v) is 5.66. The molecular formula is C11H18N4O2. The first-order valence-electron chi connectivity index (χ1n) is 5.66. The van der Waals surface area contributed by atoms with Gasteiger partial charge in [-0.05, 0) is 19.8 Å². The molecule has 1 aliphatic rings. The van der Waals surface area contributed by atoms with Gasteiger partial charge in [0.25, 0.3) is 0 Å². The van der Waals surface area contributed by atoms with E-state index in [-0.39, 0.29) is 5.95 Å². The zero-order valence-electron chi connectivity index (χ0n) is 10.2. The van der Waals surface area contributed by atoms with Crippen molar-refractivity contribution in [1.29, 1.82) is 0 Å². The fourth-order valence-electron chi connectivity index (χ4n) is 2.11. The Bertz CT molecular complexity index is 408. The molecule has 6 nitrogen and oxygen atoms in total. The van der Waals surface area contributed by atoms with Gasteiger partial charge in [0, 0.05) is 19.2 Å². The van der Waals surface area contributed by atoms with Crippen molar-refractivity contribution >= 4 is 11.8 Å². The van der Waals surface area contributed by atoms with Gasteiger partial charge < -0.3 is 20.5 Å². The van der Waals surface area contributed by atoms with Gasteiger partial charge in [-0.1, -0.05) is 0 Å². The number of nitrogen functional groups attached to an aromatic ring is 1. The molecule has 94 valence electrons. The Morgan fingerprint density at radius 3 is 2.94 bits per heavy atom. The van der Waals surface area contributed by atoms with Gasteiger partial charge in [-0.25, -0.2) is 0 Å². The molecule has 17 heavy (non-hydrogen) atoms. The number of aromatic nitrogens is 2. The largest absolute Gasteiger partial charge is 0.481 e. The van der Waals surface area contributed by atoms with Crippen molar-refractivity contribution in [3.63, 3.8) is 0 Å². The van der Waals surface area contributed by atoms with Crippen LogP contribution in [0.15, 0.2) is 6.07 Å². The van der Waals surface area contributed by atoms with E-state index in [2.05, 4.69) is 9.97 Å². The van der Waals surface area contributed by atoms with E-state index in [0.29, 0.717) is 18.2 Å². The molecule has 1 atom stereocenters. The third-order valence-electron chi connectivity index (χ3n) is 2.91. The predicted molar refractivity (Wildman–Crippen MR) is 65.1 cm³/mol. The molecule has 1 aromatic rings. The number of methoxy groups -OCH3 is 1. The molecule has 0 saturated carbocycles. The summed E-state index contributed by atoms with van der Waals surface area (Å²) < 4.78 is 5.06. The topological polar surface area (TPSA) is 84.5 Å². The molecule has 0 spiro atoms. The van der Waals surface area contributed by atoms with Gasteiger partial charge in [0.1, 0.15) is 5.82 Å². The highest BCUT2D eigenvalue weighted by molar-refractivity contribution is 5.46. The van der Waals surface area contributed by atoms with Crippen LogP contribution in [0.3, 0.4) is 0 Å². The van der Waals surface area contributed by atoms with E-state index in [0.717, 1.165) is 19.4 Å². The standard InChI is InChI=1S/C11H18N4O2/c1-11(16)4-3-5-15(7-11)8-6-9(17-2)14-10(12)13-8/h6,16H,3-5,7H2,1-2H3,(H2,12,13,14). The summed E-state index contributed by atoms with van der Waals surface area (Å²) in [6.07, 6.45) is 1.74. The minimum absolute atomic E-state index is 0.185. The Kier molecular flexibility index (Phi) is 3.06. The normalized spacial score (nSPS) is 24.8. The average molecular weight is 238 g/mol. The summed E-state index contributed by atoms with van der Waals surface area (Å²) in [5.41, 5.74) is 4.94. The van der Waals surface area contributed by atoms with Crippen LogP contribution in [0.2, 0.25) is 0 Å². The van der Waals surface area contributed by atoms with Crippen LogP contribution in [-0.2, 0) is 0 Å². The Hall–Kier alpha value is -1.56. The summed E-state index contributed by atoms with van der Waals surface area (Å²) >= 11 is 0. The number of hydrogen-bond donors (Lipinski definition) is 2. The molecule has 1 unspecified atom stereocenters. The van der Waals surface area contributed by atoms with Crippen LogP contribution >= 0.6 is 0 Å². The summed E-state index contributed by atoms with van der Waals surface area (Å²) in [7, 11) is 1.54. The Labute approximate surface area is 100 Å². The highest BCUT2D eigenvalue weighted by Crippen LogP contribution is 2.26. The summed E-state index contributed by atoms with van der Waals surface area (Å²) in [5.74, 6) is 1.33. The Morgan fingerprint density at radius 1 is 1.53 bits per heavy atom. The molecule has 0 aromatic carbocycles. The number of hydrogen-bond acceptors (Lipinski definition) is 6. The number of ether oxygens (including phenoxy) is 1. The van der Waals surface area contributed by atoms with Crippen LogP contribution in [0.25, 0.3) is 0 Å². The zero-order chi connectivity index (χ0) is 12.5. The SMILES string of the molecule is COc1cc(N2CCCC(C)(O)C2)nc(N)n1. The fraction of sp³-hybridized carbons (Fsp3) is 0.636. The minimum atomic E-state index is -0.675. The maximum Gasteiger partial charge on any atom is 0.225 e. The lowest BCUT2D eigenvalue weighted by Gasteiger charge is -2.37. The lowest BCUT2D eigenvalue weighted by molar-refractivity contribution is 0.0447. The number of nitrogens with two attached hydrogens (primary N) is 1. The van der Waals surface area contributed by atoms with Crippen LogP contribution in [-0.4, -0.2) is 40.9 Å². The molecule has 0 aliphatic carbocycles. The number of aliphatic hydroxyl groups is 1. The highest BCUT2D eigenvalue weighted by Gasteiger charge is 2.29. The first-order chi connectivity index (χ1) is 8.00. The van der Waals surface area contributed by atoms with Gasteiger partial charge >= 0.3 is 0 Å². The second-order valence-corrected chi connectivity index (χ2v) is 4.65. The number of anilines is 2. The minimum Gasteiger partial charge on any atom is -0.481 e. The molecule has 0 bridgehead atoms. The molecule has 2 heterocycles. The molecule has 2 rings (SSSR count). The van der Waals surface area contributed by atoms with Crippen molar-refractivity contribution in [2.75, 3.05) is 30.8 Å². The highest BCUT2D eigenvalue weighted by atomic mass is 16.5. The molecular weight excluding hydrogens is 220 g/mol. The molecule has 1 aliphatic heterocycles. The Morgan fingerprint density at radius 2 is 2.29 bits per heavy atom. The van der Waals surface area contributed by atoms with E-state index < -0.39 is 5.60 Å². The van der Waals surface area contributed by atoms with Crippen LogP contribution in [0.1, 0.15) is 19.8 Å². The molecule has 1 saturated heterocycles. The lowest BCUT2D eigenvalue weighted by Crippen LogP contribution is -2.46. The number of β-amino-alcohol motifs (C(OH)–C–C–N with tert-alkyl or cyclic N) is 1. The van der Waals surface area contributed by atoms with E-state index in [1.54, 1.807) is 6.07 Å². The average Bonchev–Trinajstić information content (AvgIpc) is 2.27. The maximum absolute atomic E-state index is 10.1. The lowest BCUT2D eigenvalue weighted by atomic mass is 9.95. The number of rotatable bonds is 2. The maximum atomic E-state index is 10.1. The molecule has 3 N–H and O–H groups in total. The van der Waals surface area contributed by atoms with E-state index in [9.17, 15) is 5.11 Å². The van der Waals surface area contributed by atoms with Crippen molar-refractivity contribution in [2.45, 2.75) is 25.4 Å². The van der Waals surface area contributed by atoms with Gasteiger partial charge in [0.15, 0.2) is 0 Å². The number of nitrogens with zero attached hydrogens (tertiary/aromatic N) is 3. The van der Waals surface area contributed by atoms with Gasteiger partial charge in [0.05, 0.1) is 12.7 Å². The first kappa shape index (κ1) is 11.9. The van der Waals surface area contributed by atoms with E-state index >= 15 is 0 Å². The second-order valence-electron chi connectivity index (χ2n) is 4.65. The van der Waals surface area contributed by atoms with Gasteiger partial charge in [-0.2, -0.15) is 9.97 Å². The van der Waals surface area contributed by atoms with E-state index in [4.69, 9.17) is 10.5 Å². The van der Waals surface area contributed by atoms with Crippen molar-refractivity contribution < 1.29 is 9.84 Å². The molecule has 6 heteroatoms. The van der Waals surface area contributed by atoms with E-state index in [1.807, 2.05) is 11.8 Å². The summed E-state index contributed by atoms with van der Waals surface area (Å²) in [4.78, 5) is 10.1. The predicted octanol–water partition coefficient (Wildman–Crippen LogP) is 0.419. The monoisotopic (exact) mass is 238 g/mol. The van der Waals surface area contributed by atoms with Crippen LogP contribution in [0, 0.1) is 0 Å². The third-order valence-corrected chi connectivity index (χ3v) is 2.91. The molecule has 0 amide bonds. The quantitative estimate of drug-likeness (QED) is 0.776. The summed E-state index contributed by atoms with van der Waals surface area (Å²) in [5, 5.41) is 10.1. The van der Waals surface area contributed by atoms with E-state index in [1.165, 1.54) is 7.11 Å². The molecule has 1 fully saturated rings. The van der Waals surface area contributed by atoms with Gasteiger partial charge in [-0.15, -0.1) is 0 Å².